The first-order chi connectivity index (χ1) is 29.0. The van der Waals surface area contributed by atoms with Crippen molar-refractivity contribution in [2.24, 2.45) is 23.7 Å². The molecular weight excluding hydrogens is 1100 g/mol. The van der Waals surface area contributed by atoms with Crippen LogP contribution >= 0.6 is 50.5 Å². The number of carbonyl (C=O) groups is 4. The zero-order chi connectivity index (χ0) is 49.3. The predicted molar refractivity (Wildman–Crippen MR) is 281 cm³/mol. The minimum Gasteiger partial charge on any atom is -2.00 e. The molecule has 0 aromatic rings. The van der Waals surface area contributed by atoms with E-state index in [0.29, 0.717) is 25.7 Å². The Morgan fingerprint density at radius 2 is 0.508 bits per heavy atom. The first kappa shape index (κ1) is 78.4. The molecule has 0 aliphatic rings. The van der Waals surface area contributed by atoms with Crippen LogP contribution in [-0.4, -0.2) is 89.9 Å². The molecule has 0 radical (unpaired) electrons. The Bertz CT molecular complexity index is 820. The molecule has 0 heterocycles. The number of hydrogen-bond acceptors (Lipinski definition) is 12. The van der Waals surface area contributed by atoms with Crippen molar-refractivity contribution in [2.45, 2.75) is 253 Å². The van der Waals surface area contributed by atoms with E-state index in [4.69, 9.17) is 0 Å². The second kappa shape index (κ2) is 61.2. The molecule has 4 atom stereocenters. The van der Waals surface area contributed by atoms with Crippen LogP contribution in [0.1, 0.15) is 223 Å². The van der Waals surface area contributed by atoms with Gasteiger partial charge in [0.2, 0.25) is 0 Å². The second-order valence-electron chi connectivity index (χ2n) is 17.7. The summed E-state index contributed by atoms with van der Waals surface area (Å²) in [6, 6.07) is 0. The van der Waals surface area contributed by atoms with E-state index < -0.39 is 44.9 Å². The van der Waals surface area contributed by atoms with Crippen LogP contribution in [0.5, 0.6) is 0 Å². The average molecular weight is 1200 g/mol. The maximum atomic E-state index is 10.3. The fourth-order valence-corrected chi connectivity index (χ4v) is 7.84. The second-order valence-corrected chi connectivity index (χ2v) is 23.0. The van der Waals surface area contributed by atoms with Crippen molar-refractivity contribution in [2.75, 3.05) is 0 Å². The fourth-order valence-electron chi connectivity index (χ4n) is 5.09. The summed E-state index contributed by atoms with van der Waals surface area (Å²) >= 11 is 19.0. The summed E-state index contributed by atoms with van der Waals surface area (Å²) < 4.78 is 2.87. The summed E-state index contributed by atoms with van der Waals surface area (Å²) in [6.45, 7) is 22.0. The molecule has 0 rings (SSSR count). The van der Waals surface area contributed by atoms with Crippen molar-refractivity contribution >= 4 is 133 Å². The summed E-state index contributed by atoms with van der Waals surface area (Å²) in [5, 5.41) is 38.8. The van der Waals surface area contributed by atoms with Crippen molar-refractivity contribution in [1.82, 2.24) is 0 Å². The fraction of sp³-hybridized carbons (Fsp3) is 0.917. The SMILES string of the molecule is CC(C)CCCCCC(S)C(=O)[O-].CC(C)CCCCCC(S)C(=O)[O-].CC(C)CCCCCC(S)C(=O)[O-].CC(C)CCCCCC(S)C(=O)[O-].CCC[CH2][Sn+3].CCC[CH2][Sn+3].[S-2]. The molecule has 0 aromatic heterocycles. The minimum atomic E-state index is -1.05. The summed E-state index contributed by atoms with van der Waals surface area (Å²) in [6.07, 6.45) is 25.9. The third-order valence-electron chi connectivity index (χ3n) is 9.19. The molecule has 372 valence electrons. The molecule has 63 heavy (non-hydrogen) atoms. The van der Waals surface area contributed by atoms with Gasteiger partial charge in [-0.25, -0.2) is 0 Å². The van der Waals surface area contributed by atoms with Gasteiger partial charge in [0.05, 0.1) is 23.9 Å². The Balaban J connectivity index is -0.000000123. The summed E-state index contributed by atoms with van der Waals surface area (Å²) in [7, 11) is 0. The molecule has 0 N–H and O–H groups in total. The van der Waals surface area contributed by atoms with E-state index in [1.165, 1.54) is 85.9 Å². The third kappa shape index (κ3) is 83.7. The van der Waals surface area contributed by atoms with Crippen molar-refractivity contribution < 1.29 is 39.6 Å². The quantitative estimate of drug-likeness (QED) is 0.0295. The van der Waals surface area contributed by atoms with Gasteiger partial charge in [0.15, 0.2) is 0 Å². The molecule has 0 bridgehead atoms. The van der Waals surface area contributed by atoms with Crippen molar-refractivity contribution in [3.63, 3.8) is 0 Å². The molecule has 0 aliphatic heterocycles. The average Bonchev–Trinajstić information content (AvgIpc) is 3.18. The van der Waals surface area contributed by atoms with Gasteiger partial charge in [-0.1, -0.05) is 158 Å². The van der Waals surface area contributed by atoms with Crippen LogP contribution in [0.3, 0.4) is 0 Å². The Hall–Kier alpha value is 1.23. The number of thiol groups is 4. The van der Waals surface area contributed by atoms with Gasteiger partial charge in [-0.3, -0.25) is 0 Å². The van der Waals surface area contributed by atoms with Crippen molar-refractivity contribution in [3.8, 4) is 0 Å². The molecule has 0 fully saturated rings. The number of aliphatic carboxylic acids is 4. The number of carboxylic acids is 4. The van der Waals surface area contributed by atoms with Crippen LogP contribution < -0.4 is 20.4 Å². The van der Waals surface area contributed by atoms with Gasteiger partial charge in [-0.05, 0) is 49.4 Å². The van der Waals surface area contributed by atoms with Gasteiger partial charge in [0.25, 0.3) is 0 Å². The van der Waals surface area contributed by atoms with Crippen LogP contribution in [0.15, 0.2) is 0 Å². The van der Waals surface area contributed by atoms with Gasteiger partial charge < -0.3 is 53.1 Å². The third-order valence-corrected chi connectivity index (χ3v) is 13.1. The summed E-state index contributed by atoms with van der Waals surface area (Å²) in [4.78, 5) is 41.1. The van der Waals surface area contributed by atoms with E-state index >= 15 is 0 Å². The van der Waals surface area contributed by atoms with E-state index in [0.717, 1.165) is 75.0 Å². The largest absolute Gasteiger partial charge is 2.00 e. The Kier molecular flexibility index (Phi) is 76.2. The molecule has 0 saturated heterocycles. The van der Waals surface area contributed by atoms with Crippen molar-refractivity contribution in [3.05, 3.63) is 0 Å². The number of carbonyl (C=O) groups excluding carboxylic acids is 4. The van der Waals surface area contributed by atoms with Crippen LogP contribution in [0.25, 0.3) is 0 Å². The topological polar surface area (TPSA) is 161 Å². The van der Waals surface area contributed by atoms with Gasteiger partial charge in [-0.2, -0.15) is 50.5 Å². The Labute approximate surface area is 445 Å². The number of rotatable bonds is 32. The Morgan fingerprint density at radius 1 is 0.349 bits per heavy atom. The van der Waals surface area contributed by atoms with Gasteiger partial charge in [0.1, 0.15) is 0 Å². The minimum absolute atomic E-state index is 0. The van der Waals surface area contributed by atoms with E-state index in [-0.39, 0.29) is 13.5 Å². The predicted octanol–water partition coefficient (Wildman–Crippen LogP) is 9.31. The number of carboxylic acid groups (broad SMARTS) is 4. The standard InChI is InChI=1S/4C10H20O2S.2C4H9.S.2Sn/c4*1-8(2)6-4-3-5-7-9(13)10(11)12;2*1-3-4-2;;;/h4*8-9,13H,3-7H2,1-2H3,(H,11,12);2*1,3-4H2,2H3;;;/q;;;;;;-2;2*+3/p-4. The number of unbranched alkanes of at least 4 members (excludes halogenated alkanes) is 10. The van der Waals surface area contributed by atoms with Crippen LogP contribution in [0.2, 0.25) is 8.87 Å². The van der Waals surface area contributed by atoms with Crippen LogP contribution in [0.4, 0.5) is 0 Å². The number of hydrogen-bond donors (Lipinski definition) is 4. The van der Waals surface area contributed by atoms with Gasteiger partial charge >= 0.3 is 93.5 Å². The zero-order valence-electron chi connectivity index (χ0n) is 41.5. The molecule has 15 heteroatoms. The van der Waals surface area contributed by atoms with E-state index in [1.807, 2.05) is 0 Å². The van der Waals surface area contributed by atoms with E-state index in [9.17, 15) is 39.6 Å². The molecular formula is C48H94O8S5Sn2. The smallest absolute Gasteiger partial charge is 2.00 e. The molecule has 4 unspecified atom stereocenters. The van der Waals surface area contributed by atoms with Crippen LogP contribution in [0, 0.1) is 23.7 Å². The molecule has 0 spiro atoms. The van der Waals surface area contributed by atoms with Crippen molar-refractivity contribution in [1.29, 1.82) is 0 Å². The van der Waals surface area contributed by atoms with E-state index in [2.05, 4.69) is 120 Å². The molecule has 0 aromatic carbocycles. The van der Waals surface area contributed by atoms with Crippen LogP contribution in [-0.2, 0) is 32.7 Å². The zero-order valence-corrected chi connectivity index (χ0v) is 51.6. The monoisotopic (exact) mass is 1200 g/mol. The first-order valence-corrected chi connectivity index (χ1v) is 29.9. The summed E-state index contributed by atoms with van der Waals surface area (Å²) in [5.74, 6) is -1.22. The molecule has 0 saturated carbocycles. The molecule has 0 aliphatic carbocycles. The Morgan fingerprint density at radius 3 is 0.603 bits per heavy atom. The van der Waals surface area contributed by atoms with Gasteiger partial charge in [-0.15, -0.1) is 0 Å². The maximum Gasteiger partial charge on any atom is -2.00 e. The summed E-state index contributed by atoms with van der Waals surface area (Å²) in [5.41, 5.74) is 0. The molecule has 0 amide bonds. The molecule has 8 nitrogen and oxygen atoms in total. The van der Waals surface area contributed by atoms with Gasteiger partial charge in [0, 0.05) is 21.0 Å². The normalized spacial score (nSPS) is 12.3. The first-order valence-electron chi connectivity index (χ1n) is 23.8. The van der Waals surface area contributed by atoms with E-state index in [1.54, 1.807) is 45.0 Å². The maximum absolute atomic E-state index is 10.3.